The van der Waals surface area contributed by atoms with Crippen LogP contribution in [-0.2, 0) is 16.0 Å². The maximum Gasteiger partial charge on any atom is 0.338 e. The van der Waals surface area contributed by atoms with E-state index < -0.39 is 12.1 Å². The Balaban J connectivity index is 1.73. The van der Waals surface area contributed by atoms with Gasteiger partial charge in [-0.1, -0.05) is 35.9 Å². The van der Waals surface area contributed by atoms with Gasteiger partial charge in [0.1, 0.15) is 0 Å². The van der Waals surface area contributed by atoms with E-state index >= 15 is 0 Å². The highest BCUT2D eigenvalue weighted by molar-refractivity contribution is 6.00. The number of rotatable bonds is 3. The van der Waals surface area contributed by atoms with E-state index in [1.165, 1.54) is 0 Å². The van der Waals surface area contributed by atoms with Crippen molar-refractivity contribution in [2.45, 2.75) is 39.3 Å². The Labute approximate surface area is 142 Å². The van der Waals surface area contributed by atoms with Crippen LogP contribution in [0.1, 0.15) is 35.3 Å². The zero-order valence-electron chi connectivity index (χ0n) is 14.2. The van der Waals surface area contributed by atoms with Gasteiger partial charge >= 0.3 is 5.97 Å². The van der Waals surface area contributed by atoms with Gasteiger partial charge in [-0.3, -0.25) is 4.79 Å². The molecular weight excluding hydrogens is 302 g/mol. The third-order valence-corrected chi connectivity index (χ3v) is 4.36. The first kappa shape index (κ1) is 16.2. The monoisotopic (exact) mass is 323 g/mol. The molecule has 0 unspecified atom stereocenters. The topological polar surface area (TPSA) is 46.6 Å². The number of carbonyl (C=O) groups is 2. The molecule has 0 bridgehead atoms. The van der Waals surface area contributed by atoms with Gasteiger partial charge in [-0.25, -0.2) is 4.79 Å². The van der Waals surface area contributed by atoms with Crippen LogP contribution in [0.5, 0.6) is 0 Å². The summed E-state index contributed by atoms with van der Waals surface area (Å²) in [5, 5.41) is 0. The summed E-state index contributed by atoms with van der Waals surface area (Å²) in [6.07, 6.45) is -0.00649. The summed E-state index contributed by atoms with van der Waals surface area (Å²) >= 11 is 0. The third kappa shape index (κ3) is 3.04. The van der Waals surface area contributed by atoms with Crippen LogP contribution in [0, 0.1) is 6.92 Å². The van der Waals surface area contributed by atoms with Crippen molar-refractivity contribution in [3.8, 4) is 0 Å². The van der Waals surface area contributed by atoms with Crippen LogP contribution in [0.4, 0.5) is 5.69 Å². The zero-order valence-corrected chi connectivity index (χ0v) is 14.2. The van der Waals surface area contributed by atoms with E-state index in [1.54, 1.807) is 24.0 Å². The average Bonchev–Trinajstić information content (AvgIpc) is 2.90. The molecule has 2 aromatic rings. The lowest BCUT2D eigenvalue weighted by Crippen LogP contribution is -2.43. The fourth-order valence-electron chi connectivity index (χ4n) is 3.07. The number of fused-ring (bicyclic) bond motifs is 1. The second-order valence-corrected chi connectivity index (χ2v) is 6.30. The molecule has 3 rings (SSSR count). The van der Waals surface area contributed by atoms with Crippen LogP contribution in [0.15, 0.2) is 48.5 Å². The number of carbonyl (C=O) groups excluding carboxylic acids is 2. The van der Waals surface area contributed by atoms with Crippen molar-refractivity contribution < 1.29 is 14.3 Å². The van der Waals surface area contributed by atoms with Crippen LogP contribution >= 0.6 is 0 Å². The lowest BCUT2D eigenvalue weighted by Gasteiger charge is -2.25. The molecule has 0 saturated heterocycles. The first-order valence-corrected chi connectivity index (χ1v) is 8.16. The maximum atomic E-state index is 12.8. The van der Waals surface area contributed by atoms with E-state index in [4.69, 9.17) is 4.74 Å². The van der Waals surface area contributed by atoms with Crippen molar-refractivity contribution in [1.82, 2.24) is 0 Å². The molecule has 0 N–H and O–H groups in total. The van der Waals surface area contributed by atoms with E-state index in [2.05, 4.69) is 0 Å². The van der Waals surface area contributed by atoms with E-state index in [-0.39, 0.29) is 11.9 Å². The Morgan fingerprint density at radius 2 is 1.79 bits per heavy atom. The van der Waals surface area contributed by atoms with Crippen molar-refractivity contribution in [1.29, 1.82) is 0 Å². The van der Waals surface area contributed by atoms with Gasteiger partial charge in [-0.05, 0) is 51.0 Å². The summed E-state index contributed by atoms with van der Waals surface area (Å²) in [6, 6.07) is 15.0. The van der Waals surface area contributed by atoms with Crippen LogP contribution < -0.4 is 4.90 Å². The zero-order chi connectivity index (χ0) is 17.3. The summed E-state index contributed by atoms with van der Waals surface area (Å²) < 4.78 is 5.38. The summed E-state index contributed by atoms with van der Waals surface area (Å²) in [5.74, 6) is -0.663. The summed E-state index contributed by atoms with van der Waals surface area (Å²) in [4.78, 5) is 26.7. The molecule has 1 amide bonds. The number of anilines is 1. The van der Waals surface area contributed by atoms with Crippen LogP contribution in [0.3, 0.4) is 0 Å². The number of benzene rings is 2. The fourth-order valence-corrected chi connectivity index (χ4v) is 3.07. The molecule has 0 radical (unpaired) electrons. The standard InChI is InChI=1S/C20H21NO3/c1-13-8-10-16(11-9-13)20(23)24-15(3)19(22)21-14(2)12-17-6-4-5-7-18(17)21/h4-11,14-15H,12H2,1-3H3/t14-,15+/m0/s1. The lowest BCUT2D eigenvalue weighted by atomic mass is 10.1. The number of aryl methyl sites for hydroxylation is 1. The van der Waals surface area contributed by atoms with Gasteiger partial charge in [-0.15, -0.1) is 0 Å². The molecule has 1 aliphatic rings. The predicted molar refractivity (Wildman–Crippen MR) is 93.2 cm³/mol. The van der Waals surface area contributed by atoms with Crippen LogP contribution in [0.2, 0.25) is 0 Å². The molecule has 2 aromatic carbocycles. The van der Waals surface area contributed by atoms with Crippen molar-refractivity contribution in [2.75, 3.05) is 4.90 Å². The van der Waals surface area contributed by atoms with E-state index in [9.17, 15) is 9.59 Å². The van der Waals surface area contributed by atoms with Gasteiger partial charge in [0.15, 0.2) is 6.10 Å². The maximum absolute atomic E-state index is 12.8. The van der Waals surface area contributed by atoms with E-state index in [1.807, 2.05) is 50.2 Å². The van der Waals surface area contributed by atoms with Crippen molar-refractivity contribution in [3.05, 3.63) is 65.2 Å². The fraction of sp³-hybridized carbons (Fsp3) is 0.300. The third-order valence-electron chi connectivity index (χ3n) is 4.36. The number of esters is 1. The molecule has 0 aromatic heterocycles. The second-order valence-electron chi connectivity index (χ2n) is 6.30. The van der Waals surface area contributed by atoms with E-state index in [0.29, 0.717) is 5.56 Å². The largest absolute Gasteiger partial charge is 0.449 e. The molecule has 1 heterocycles. The smallest absolute Gasteiger partial charge is 0.338 e. The molecule has 0 fully saturated rings. The van der Waals surface area contributed by atoms with Gasteiger partial charge in [0, 0.05) is 11.7 Å². The Morgan fingerprint density at radius 3 is 2.50 bits per heavy atom. The normalized spacial score (nSPS) is 17.3. The summed E-state index contributed by atoms with van der Waals surface area (Å²) in [6.45, 7) is 5.59. The number of para-hydroxylation sites is 1. The summed E-state index contributed by atoms with van der Waals surface area (Å²) in [7, 11) is 0. The average molecular weight is 323 g/mol. The van der Waals surface area contributed by atoms with E-state index in [0.717, 1.165) is 23.2 Å². The van der Waals surface area contributed by atoms with Gasteiger partial charge in [0.05, 0.1) is 5.56 Å². The molecule has 0 saturated carbocycles. The molecule has 2 atom stereocenters. The van der Waals surface area contributed by atoms with Gasteiger partial charge in [0.25, 0.3) is 5.91 Å². The van der Waals surface area contributed by atoms with Crippen LogP contribution in [0.25, 0.3) is 0 Å². The highest BCUT2D eigenvalue weighted by Gasteiger charge is 2.34. The number of amides is 1. The predicted octanol–water partition coefficient (Wildman–Crippen LogP) is 3.52. The van der Waals surface area contributed by atoms with Gasteiger partial charge < -0.3 is 9.64 Å². The molecule has 4 heteroatoms. The first-order chi connectivity index (χ1) is 11.5. The molecule has 0 spiro atoms. The highest BCUT2D eigenvalue weighted by atomic mass is 16.5. The molecule has 124 valence electrons. The van der Waals surface area contributed by atoms with Crippen LogP contribution in [-0.4, -0.2) is 24.0 Å². The molecular formula is C20H21NO3. The second kappa shape index (κ2) is 6.48. The van der Waals surface area contributed by atoms with Crippen molar-refractivity contribution >= 4 is 17.6 Å². The Morgan fingerprint density at radius 1 is 1.12 bits per heavy atom. The highest BCUT2D eigenvalue weighted by Crippen LogP contribution is 2.32. The van der Waals surface area contributed by atoms with Gasteiger partial charge in [0.2, 0.25) is 0 Å². The van der Waals surface area contributed by atoms with Crippen molar-refractivity contribution in [3.63, 3.8) is 0 Å². The minimum Gasteiger partial charge on any atom is -0.449 e. The molecule has 4 nitrogen and oxygen atoms in total. The molecule has 1 aliphatic heterocycles. The number of ether oxygens (including phenoxy) is 1. The lowest BCUT2D eigenvalue weighted by molar-refractivity contribution is -0.126. The SMILES string of the molecule is Cc1ccc(C(=O)O[C@H](C)C(=O)N2c3ccccc3C[C@@H]2C)cc1. The minimum absolute atomic E-state index is 0.0652. The molecule has 0 aliphatic carbocycles. The Hall–Kier alpha value is -2.62. The molecule has 24 heavy (non-hydrogen) atoms. The first-order valence-electron chi connectivity index (χ1n) is 8.16. The van der Waals surface area contributed by atoms with Crippen molar-refractivity contribution in [2.24, 2.45) is 0 Å². The number of hydrogen-bond acceptors (Lipinski definition) is 3. The number of nitrogens with zero attached hydrogens (tertiary/aromatic N) is 1. The van der Waals surface area contributed by atoms with Gasteiger partial charge in [-0.2, -0.15) is 0 Å². The Kier molecular flexibility index (Phi) is 4.38. The Bertz CT molecular complexity index is 767. The minimum atomic E-state index is -0.826. The summed E-state index contributed by atoms with van der Waals surface area (Å²) in [5.41, 5.74) is 3.58. The number of hydrogen-bond donors (Lipinski definition) is 0. The quantitative estimate of drug-likeness (QED) is 0.812.